The Morgan fingerprint density at radius 3 is 2.70 bits per heavy atom. The summed E-state index contributed by atoms with van der Waals surface area (Å²) in [5.74, 6) is 2.67. The summed E-state index contributed by atoms with van der Waals surface area (Å²) in [5.41, 5.74) is 1.26. The average molecular weight is 276 g/mol. The molecule has 1 fully saturated rings. The van der Waals surface area contributed by atoms with Crippen molar-refractivity contribution in [2.45, 2.75) is 53.0 Å². The minimum atomic E-state index is 0.199. The first kappa shape index (κ1) is 15.2. The quantitative estimate of drug-likeness (QED) is 0.921. The molecule has 1 unspecified atom stereocenters. The molecule has 4 nitrogen and oxygen atoms in total. The maximum absolute atomic E-state index is 4.60. The van der Waals surface area contributed by atoms with Gasteiger partial charge in [0.2, 0.25) is 0 Å². The van der Waals surface area contributed by atoms with Crippen molar-refractivity contribution in [3.63, 3.8) is 0 Å². The Hall–Kier alpha value is -1.16. The fourth-order valence-electron chi connectivity index (χ4n) is 2.75. The highest BCUT2D eigenvalue weighted by Crippen LogP contribution is 2.22. The second-order valence-electron chi connectivity index (χ2n) is 7.00. The number of anilines is 1. The summed E-state index contributed by atoms with van der Waals surface area (Å²) >= 11 is 0. The first-order valence-corrected chi connectivity index (χ1v) is 7.66. The Morgan fingerprint density at radius 1 is 1.30 bits per heavy atom. The SMILES string of the molecule is Cc1cc(N2CCCC(CNC(C)(C)C)C2)nc(C)n1. The Balaban J connectivity index is 1.99. The molecule has 0 aliphatic carbocycles. The highest BCUT2D eigenvalue weighted by Gasteiger charge is 2.22. The smallest absolute Gasteiger partial charge is 0.132 e. The molecule has 20 heavy (non-hydrogen) atoms. The molecule has 1 N–H and O–H groups in total. The van der Waals surface area contributed by atoms with Gasteiger partial charge in [-0.1, -0.05) is 0 Å². The normalized spacial score (nSPS) is 20.2. The van der Waals surface area contributed by atoms with Gasteiger partial charge in [0.05, 0.1) is 0 Å². The van der Waals surface area contributed by atoms with Gasteiger partial charge < -0.3 is 10.2 Å². The fourth-order valence-corrected chi connectivity index (χ4v) is 2.75. The van der Waals surface area contributed by atoms with E-state index >= 15 is 0 Å². The summed E-state index contributed by atoms with van der Waals surface area (Å²) in [6.45, 7) is 14.0. The Kier molecular flexibility index (Phi) is 4.63. The molecule has 1 atom stereocenters. The molecule has 2 heterocycles. The maximum atomic E-state index is 4.60. The minimum Gasteiger partial charge on any atom is -0.356 e. The van der Waals surface area contributed by atoms with Crippen LogP contribution in [0.4, 0.5) is 5.82 Å². The van der Waals surface area contributed by atoms with Gasteiger partial charge in [0, 0.05) is 36.9 Å². The minimum absolute atomic E-state index is 0.199. The lowest BCUT2D eigenvalue weighted by atomic mass is 9.96. The summed E-state index contributed by atoms with van der Waals surface area (Å²) < 4.78 is 0. The monoisotopic (exact) mass is 276 g/mol. The van der Waals surface area contributed by atoms with E-state index in [1.54, 1.807) is 0 Å². The van der Waals surface area contributed by atoms with Crippen molar-refractivity contribution in [1.82, 2.24) is 15.3 Å². The van der Waals surface area contributed by atoms with Crippen LogP contribution < -0.4 is 10.2 Å². The lowest BCUT2D eigenvalue weighted by Crippen LogP contribution is -2.45. The number of nitrogens with one attached hydrogen (secondary N) is 1. The van der Waals surface area contributed by atoms with Gasteiger partial charge >= 0.3 is 0 Å². The third-order valence-electron chi connectivity index (χ3n) is 3.72. The third kappa shape index (κ3) is 4.44. The van der Waals surface area contributed by atoms with E-state index in [1.807, 2.05) is 13.8 Å². The van der Waals surface area contributed by atoms with Gasteiger partial charge in [-0.25, -0.2) is 9.97 Å². The second kappa shape index (κ2) is 6.08. The van der Waals surface area contributed by atoms with E-state index in [9.17, 15) is 0 Å². The van der Waals surface area contributed by atoms with Gasteiger partial charge in [0.25, 0.3) is 0 Å². The van der Waals surface area contributed by atoms with Crippen LogP contribution in [0.25, 0.3) is 0 Å². The largest absolute Gasteiger partial charge is 0.356 e. The lowest BCUT2D eigenvalue weighted by Gasteiger charge is -2.35. The maximum Gasteiger partial charge on any atom is 0.132 e. The number of piperidine rings is 1. The Labute approximate surface area is 123 Å². The van der Waals surface area contributed by atoms with Crippen molar-refractivity contribution in [3.8, 4) is 0 Å². The highest BCUT2D eigenvalue weighted by atomic mass is 15.2. The van der Waals surface area contributed by atoms with E-state index in [-0.39, 0.29) is 5.54 Å². The third-order valence-corrected chi connectivity index (χ3v) is 3.72. The molecule has 1 aliphatic heterocycles. The van der Waals surface area contributed by atoms with Gasteiger partial charge in [0.1, 0.15) is 11.6 Å². The van der Waals surface area contributed by atoms with Crippen LogP contribution in [-0.4, -0.2) is 35.1 Å². The zero-order valence-electron chi connectivity index (χ0n) is 13.5. The summed E-state index contributed by atoms with van der Waals surface area (Å²) in [5, 5.41) is 3.63. The molecule has 2 rings (SSSR count). The van der Waals surface area contributed by atoms with E-state index < -0.39 is 0 Å². The van der Waals surface area contributed by atoms with Crippen molar-refractivity contribution in [3.05, 3.63) is 17.6 Å². The average Bonchev–Trinajstić information content (AvgIpc) is 2.35. The molecule has 0 bridgehead atoms. The van der Waals surface area contributed by atoms with Gasteiger partial charge in [-0.15, -0.1) is 0 Å². The lowest BCUT2D eigenvalue weighted by molar-refractivity contribution is 0.335. The van der Waals surface area contributed by atoms with E-state index in [2.05, 4.69) is 47.0 Å². The van der Waals surface area contributed by atoms with Crippen LogP contribution in [0, 0.1) is 19.8 Å². The zero-order valence-corrected chi connectivity index (χ0v) is 13.5. The molecule has 0 aromatic carbocycles. The number of hydrogen-bond donors (Lipinski definition) is 1. The van der Waals surface area contributed by atoms with Crippen LogP contribution in [0.5, 0.6) is 0 Å². The summed E-state index contributed by atoms with van der Waals surface area (Å²) in [4.78, 5) is 11.4. The molecular weight excluding hydrogens is 248 g/mol. The molecule has 0 spiro atoms. The molecule has 1 aliphatic rings. The van der Waals surface area contributed by atoms with E-state index in [1.165, 1.54) is 12.8 Å². The number of aromatic nitrogens is 2. The van der Waals surface area contributed by atoms with Crippen LogP contribution >= 0.6 is 0 Å². The molecule has 0 saturated carbocycles. The van der Waals surface area contributed by atoms with Crippen molar-refractivity contribution in [2.75, 3.05) is 24.5 Å². The van der Waals surface area contributed by atoms with Gasteiger partial charge in [0.15, 0.2) is 0 Å². The van der Waals surface area contributed by atoms with Crippen LogP contribution in [0.1, 0.15) is 45.1 Å². The zero-order chi connectivity index (χ0) is 14.8. The standard InChI is InChI=1S/C16H28N4/c1-12-9-15(19-13(2)18-12)20-8-6-7-14(11-20)10-17-16(3,4)5/h9,14,17H,6-8,10-11H2,1-5H3. The van der Waals surface area contributed by atoms with Crippen molar-refractivity contribution in [2.24, 2.45) is 5.92 Å². The number of rotatable bonds is 3. The van der Waals surface area contributed by atoms with E-state index in [0.717, 1.165) is 37.0 Å². The van der Waals surface area contributed by atoms with Gasteiger partial charge in [-0.2, -0.15) is 0 Å². The first-order chi connectivity index (χ1) is 9.33. The topological polar surface area (TPSA) is 41.0 Å². The molecule has 112 valence electrons. The van der Waals surface area contributed by atoms with E-state index in [0.29, 0.717) is 5.92 Å². The molecule has 1 aromatic rings. The van der Waals surface area contributed by atoms with Crippen LogP contribution in [0.2, 0.25) is 0 Å². The molecule has 4 heteroatoms. The fraction of sp³-hybridized carbons (Fsp3) is 0.750. The first-order valence-electron chi connectivity index (χ1n) is 7.66. The Bertz CT molecular complexity index is 430. The number of aryl methyl sites for hydroxylation is 2. The Morgan fingerprint density at radius 2 is 2.05 bits per heavy atom. The van der Waals surface area contributed by atoms with Gasteiger partial charge in [-0.3, -0.25) is 0 Å². The van der Waals surface area contributed by atoms with E-state index in [4.69, 9.17) is 0 Å². The van der Waals surface area contributed by atoms with Crippen molar-refractivity contribution >= 4 is 5.82 Å². The highest BCUT2D eigenvalue weighted by molar-refractivity contribution is 5.40. The van der Waals surface area contributed by atoms with Crippen LogP contribution in [0.15, 0.2) is 6.07 Å². The van der Waals surface area contributed by atoms with Gasteiger partial charge in [-0.05, 0) is 53.4 Å². The summed E-state index contributed by atoms with van der Waals surface area (Å²) in [6, 6.07) is 2.10. The van der Waals surface area contributed by atoms with Crippen LogP contribution in [0.3, 0.4) is 0 Å². The molecule has 1 saturated heterocycles. The molecule has 0 amide bonds. The predicted molar refractivity (Wildman–Crippen MR) is 84.2 cm³/mol. The predicted octanol–water partition coefficient (Wildman–Crippen LogP) is 2.70. The molecule has 1 aromatic heterocycles. The summed E-state index contributed by atoms with van der Waals surface area (Å²) in [6.07, 6.45) is 2.56. The number of hydrogen-bond acceptors (Lipinski definition) is 4. The second-order valence-corrected chi connectivity index (χ2v) is 7.00. The molecular formula is C16H28N4. The van der Waals surface area contributed by atoms with Crippen LogP contribution in [-0.2, 0) is 0 Å². The molecule has 0 radical (unpaired) electrons. The van der Waals surface area contributed by atoms with Crippen molar-refractivity contribution < 1.29 is 0 Å². The number of nitrogens with zero attached hydrogens (tertiary/aromatic N) is 3. The van der Waals surface area contributed by atoms with Crippen molar-refractivity contribution in [1.29, 1.82) is 0 Å². The summed E-state index contributed by atoms with van der Waals surface area (Å²) in [7, 11) is 0.